The van der Waals surface area contributed by atoms with Gasteiger partial charge in [-0.15, -0.1) is 0 Å². The molecule has 0 radical (unpaired) electrons. The van der Waals surface area contributed by atoms with Crippen molar-refractivity contribution >= 4 is 11.7 Å². The number of pyridine rings is 1. The minimum absolute atomic E-state index is 0.0562. The van der Waals surface area contributed by atoms with Crippen molar-refractivity contribution in [2.75, 3.05) is 12.3 Å². The molecule has 7 nitrogen and oxygen atoms in total. The van der Waals surface area contributed by atoms with Crippen molar-refractivity contribution < 1.29 is 9.32 Å². The van der Waals surface area contributed by atoms with E-state index in [9.17, 15) is 10.1 Å². The number of amides is 1. The van der Waals surface area contributed by atoms with Crippen molar-refractivity contribution in [3.8, 4) is 17.4 Å². The smallest absolute Gasteiger partial charge is 0.254 e. The first-order valence-electron chi connectivity index (χ1n) is 9.14. The molecule has 3 aromatic rings. The Hall–Kier alpha value is -3.66. The Morgan fingerprint density at radius 3 is 2.82 bits per heavy atom. The van der Waals surface area contributed by atoms with Gasteiger partial charge in [0.25, 0.3) is 5.91 Å². The summed E-state index contributed by atoms with van der Waals surface area (Å²) in [5.74, 6) is 0.598. The average molecular weight is 373 g/mol. The number of carbonyl (C=O) groups excluding carboxylic acids is 1. The summed E-state index contributed by atoms with van der Waals surface area (Å²) in [6.07, 6.45) is 1.28. The number of anilines is 1. The quantitative estimate of drug-likeness (QED) is 0.756. The van der Waals surface area contributed by atoms with Crippen LogP contribution in [0.25, 0.3) is 11.3 Å². The number of hydrogen-bond acceptors (Lipinski definition) is 6. The van der Waals surface area contributed by atoms with Gasteiger partial charge in [-0.2, -0.15) is 5.26 Å². The molecule has 0 atom stereocenters. The zero-order chi connectivity index (χ0) is 19.7. The molecule has 0 aliphatic carbocycles. The Kier molecular flexibility index (Phi) is 4.53. The minimum atomic E-state index is -0.0562. The fourth-order valence-electron chi connectivity index (χ4n) is 3.50. The number of benzene rings is 1. The monoisotopic (exact) mass is 373 g/mol. The van der Waals surface area contributed by atoms with Gasteiger partial charge in [-0.05, 0) is 18.6 Å². The van der Waals surface area contributed by atoms with Crippen molar-refractivity contribution in [1.82, 2.24) is 15.0 Å². The number of carbonyl (C=O) groups is 1. The van der Waals surface area contributed by atoms with E-state index in [0.717, 1.165) is 17.0 Å². The van der Waals surface area contributed by atoms with Crippen molar-refractivity contribution in [2.45, 2.75) is 26.3 Å². The largest absolute Gasteiger partial charge is 0.383 e. The van der Waals surface area contributed by atoms with E-state index in [4.69, 9.17) is 10.3 Å². The highest BCUT2D eigenvalue weighted by Crippen LogP contribution is 2.35. The van der Waals surface area contributed by atoms with Gasteiger partial charge in [0.1, 0.15) is 17.5 Å². The van der Waals surface area contributed by atoms with Gasteiger partial charge in [0.15, 0.2) is 5.76 Å². The molecule has 1 aromatic carbocycles. The Balaban J connectivity index is 1.80. The zero-order valence-electron chi connectivity index (χ0n) is 15.5. The van der Waals surface area contributed by atoms with E-state index >= 15 is 0 Å². The summed E-state index contributed by atoms with van der Waals surface area (Å²) in [5, 5.41) is 13.7. The van der Waals surface area contributed by atoms with Gasteiger partial charge in [0, 0.05) is 42.3 Å². The van der Waals surface area contributed by atoms with E-state index in [2.05, 4.69) is 16.2 Å². The fourth-order valence-corrected chi connectivity index (χ4v) is 3.50. The molecule has 0 spiro atoms. The SMILES string of the molecule is CCc1cc(-c2c(C#N)c(N)nc3c2CN(C(=O)c2ccccc2)CC3)on1. The van der Waals surface area contributed by atoms with Crippen LogP contribution in [-0.2, 0) is 19.4 Å². The standard InChI is InChI=1S/C21H19N5O2/c1-2-14-10-18(28-25-14)19-15(11-22)20(23)24-17-8-9-26(12-16(17)19)21(27)13-6-4-3-5-7-13/h3-7,10H,2,8-9,12H2,1H3,(H2,23,24). The lowest BCUT2D eigenvalue weighted by atomic mass is 9.93. The van der Waals surface area contributed by atoms with Crippen LogP contribution >= 0.6 is 0 Å². The maximum atomic E-state index is 12.9. The van der Waals surface area contributed by atoms with Gasteiger partial charge < -0.3 is 15.2 Å². The Bertz CT molecular complexity index is 1080. The summed E-state index contributed by atoms with van der Waals surface area (Å²) in [7, 11) is 0. The summed E-state index contributed by atoms with van der Waals surface area (Å²) < 4.78 is 5.50. The highest BCUT2D eigenvalue weighted by atomic mass is 16.5. The second kappa shape index (κ2) is 7.16. The first-order chi connectivity index (χ1) is 13.6. The maximum absolute atomic E-state index is 12.9. The molecule has 2 aromatic heterocycles. The molecule has 3 heterocycles. The van der Waals surface area contributed by atoms with Crippen LogP contribution in [0.1, 0.15) is 39.8 Å². The van der Waals surface area contributed by atoms with E-state index in [1.807, 2.05) is 31.2 Å². The first-order valence-corrected chi connectivity index (χ1v) is 9.14. The molecule has 4 rings (SSSR count). The van der Waals surface area contributed by atoms with Crippen LogP contribution in [0.15, 0.2) is 40.9 Å². The molecule has 28 heavy (non-hydrogen) atoms. The normalized spacial score (nSPS) is 13.1. The van der Waals surface area contributed by atoms with Gasteiger partial charge in [-0.1, -0.05) is 30.3 Å². The molecule has 0 saturated carbocycles. The van der Waals surface area contributed by atoms with E-state index in [1.165, 1.54) is 0 Å². The number of aryl methyl sites for hydroxylation is 1. The Morgan fingerprint density at radius 2 is 2.14 bits per heavy atom. The van der Waals surface area contributed by atoms with Gasteiger partial charge in [-0.25, -0.2) is 4.98 Å². The number of nitrogens with zero attached hydrogens (tertiary/aromatic N) is 4. The van der Waals surface area contributed by atoms with Crippen LogP contribution in [0.2, 0.25) is 0 Å². The van der Waals surface area contributed by atoms with Crippen LogP contribution in [0.4, 0.5) is 5.82 Å². The number of nitrogens with two attached hydrogens (primary N) is 1. The molecule has 1 aliphatic heterocycles. The third-order valence-electron chi connectivity index (χ3n) is 4.97. The van der Waals surface area contributed by atoms with Crippen molar-refractivity contribution in [3.05, 3.63) is 64.5 Å². The Labute approximate surface area is 162 Å². The van der Waals surface area contributed by atoms with Crippen LogP contribution in [0.3, 0.4) is 0 Å². The van der Waals surface area contributed by atoms with Crippen LogP contribution in [0.5, 0.6) is 0 Å². The number of fused-ring (bicyclic) bond motifs is 1. The van der Waals surface area contributed by atoms with E-state index in [0.29, 0.717) is 42.8 Å². The molecule has 1 aliphatic rings. The lowest BCUT2D eigenvalue weighted by Crippen LogP contribution is -2.37. The first kappa shape index (κ1) is 17.7. The third kappa shape index (κ3) is 2.99. The number of hydrogen-bond donors (Lipinski definition) is 1. The highest BCUT2D eigenvalue weighted by molar-refractivity contribution is 5.94. The van der Waals surface area contributed by atoms with Gasteiger partial charge >= 0.3 is 0 Å². The zero-order valence-corrected chi connectivity index (χ0v) is 15.5. The molecule has 0 saturated heterocycles. The summed E-state index contributed by atoms with van der Waals surface area (Å²) >= 11 is 0. The van der Waals surface area contributed by atoms with Gasteiger partial charge in [0.05, 0.1) is 11.4 Å². The van der Waals surface area contributed by atoms with E-state index < -0.39 is 0 Å². The predicted octanol–water partition coefficient (Wildman–Crippen LogP) is 2.95. The number of nitrogen functional groups attached to an aromatic ring is 1. The third-order valence-corrected chi connectivity index (χ3v) is 4.97. The summed E-state index contributed by atoms with van der Waals surface area (Å²) in [5.41, 5.74) is 9.88. The topological polar surface area (TPSA) is 109 Å². The maximum Gasteiger partial charge on any atom is 0.254 e. The van der Waals surface area contributed by atoms with E-state index in [1.54, 1.807) is 17.0 Å². The van der Waals surface area contributed by atoms with Crippen molar-refractivity contribution in [2.24, 2.45) is 0 Å². The number of rotatable bonds is 3. The van der Waals surface area contributed by atoms with Crippen molar-refractivity contribution in [1.29, 1.82) is 5.26 Å². The molecular formula is C21H19N5O2. The second-order valence-corrected chi connectivity index (χ2v) is 6.66. The molecule has 0 fully saturated rings. The number of aromatic nitrogens is 2. The summed E-state index contributed by atoms with van der Waals surface area (Å²) in [6, 6.07) is 13.1. The fraction of sp³-hybridized carbons (Fsp3) is 0.238. The summed E-state index contributed by atoms with van der Waals surface area (Å²) in [6.45, 7) is 2.85. The van der Waals surface area contributed by atoms with Gasteiger partial charge in [-0.3, -0.25) is 4.79 Å². The second-order valence-electron chi connectivity index (χ2n) is 6.66. The van der Waals surface area contributed by atoms with Gasteiger partial charge in [0.2, 0.25) is 0 Å². The molecule has 140 valence electrons. The molecule has 7 heteroatoms. The molecule has 1 amide bonds. The average Bonchev–Trinajstić information content (AvgIpc) is 3.21. The minimum Gasteiger partial charge on any atom is -0.383 e. The number of nitriles is 1. The summed E-state index contributed by atoms with van der Waals surface area (Å²) in [4.78, 5) is 19.1. The van der Waals surface area contributed by atoms with Crippen LogP contribution < -0.4 is 5.73 Å². The van der Waals surface area contributed by atoms with Crippen LogP contribution in [-0.4, -0.2) is 27.5 Å². The van der Waals surface area contributed by atoms with Crippen LogP contribution in [0, 0.1) is 11.3 Å². The molecule has 0 bridgehead atoms. The lowest BCUT2D eigenvalue weighted by molar-refractivity contribution is 0.0734. The molecular weight excluding hydrogens is 354 g/mol. The predicted molar refractivity (Wildman–Crippen MR) is 103 cm³/mol. The Morgan fingerprint density at radius 1 is 1.36 bits per heavy atom. The lowest BCUT2D eigenvalue weighted by Gasteiger charge is -2.30. The highest BCUT2D eigenvalue weighted by Gasteiger charge is 2.29. The molecule has 2 N–H and O–H groups in total. The van der Waals surface area contributed by atoms with E-state index in [-0.39, 0.29) is 17.3 Å². The van der Waals surface area contributed by atoms with Crippen molar-refractivity contribution in [3.63, 3.8) is 0 Å². The molecule has 0 unspecified atom stereocenters.